The van der Waals surface area contributed by atoms with Gasteiger partial charge in [0.1, 0.15) is 12.4 Å². The minimum atomic E-state index is -0.193. The summed E-state index contributed by atoms with van der Waals surface area (Å²) in [6, 6.07) is 21.8. The van der Waals surface area contributed by atoms with Gasteiger partial charge in [-0.1, -0.05) is 56.3 Å². The maximum atomic E-state index is 12.8. The fourth-order valence-electron chi connectivity index (χ4n) is 3.94. The molecular weight excluding hydrogens is 426 g/mol. The van der Waals surface area contributed by atoms with E-state index >= 15 is 0 Å². The van der Waals surface area contributed by atoms with Crippen molar-refractivity contribution in [1.82, 2.24) is 14.7 Å². The number of amides is 1. The van der Waals surface area contributed by atoms with Crippen LogP contribution >= 0.6 is 0 Å². The number of imidazole rings is 1. The molecule has 1 amide bonds. The molecule has 0 saturated carbocycles. The highest BCUT2D eigenvalue weighted by atomic mass is 16.5. The second-order valence-corrected chi connectivity index (χ2v) is 8.75. The zero-order chi connectivity index (χ0) is 23.9. The smallest absolute Gasteiger partial charge is 0.221 e. The lowest BCUT2D eigenvalue weighted by Gasteiger charge is -2.19. The molecule has 1 N–H and O–H groups in total. The van der Waals surface area contributed by atoms with Crippen LogP contribution in [-0.4, -0.2) is 28.9 Å². The zero-order valence-corrected chi connectivity index (χ0v) is 19.9. The van der Waals surface area contributed by atoms with E-state index in [1.165, 1.54) is 0 Å². The largest absolute Gasteiger partial charge is 0.497 e. The number of nitrogens with zero attached hydrogens (tertiary/aromatic N) is 2. The van der Waals surface area contributed by atoms with E-state index in [2.05, 4.69) is 24.1 Å². The minimum absolute atomic E-state index is 0.00736. The number of fused-ring (bicyclic) bond motifs is 1. The number of aromatic nitrogens is 2. The molecule has 4 rings (SSSR count). The molecular formula is C28H31N3O3. The second kappa shape index (κ2) is 10.9. The van der Waals surface area contributed by atoms with Crippen molar-refractivity contribution in [2.75, 3.05) is 13.7 Å². The van der Waals surface area contributed by atoms with E-state index in [-0.39, 0.29) is 11.8 Å². The first-order chi connectivity index (χ1) is 16.5. The first kappa shape index (κ1) is 23.4. The quantitative estimate of drug-likeness (QED) is 0.355. The lowest BCUT2D eigenvalue weighted by Crippen LogP contribution is -2.29. The van der Waals surface area contributed by atoms with Gasteiger partial charge < -0.3 is 19.2 Å². The molecule has 0 aliphatic carbocycles. The first-order valence-corrected chi connectivity index (χ1v) is 11.6. The van der Waals surface area contributed by atoms with Crippen LogP contribution in [0.3, 0.4) is 0 Å². The number of benzene rings is 2. The molecule has 6 nitrogen and oxygen atoms in total. The van der Waals surface area contributed by atoms with Gasteiger partial charge in [0, 0.05) is 31.3 Å². The van der Waals surface area contributed by atoms with Gasteiger partial charge in [0.05, 0.1) is 12.8 Å². The Morgan fingerprint density at radius 1 is 1.06 bits per heavy atom. The summed E-state index contributed by atoms with van der Waals surface area (Å²) >= 11 is 0. The lowest BCUT2D eigenvalue weighted by atomic mass is 9.92. The van der Waals surface area contributed by atoms with Crippen LogP contribution in [0.2, 0.25) is 0 Å². The van der Waals surface area contributed by atoms with Gasteiger partial charge in [-0.15, -0.1) is 0 Å². The average molecular weight is 458 g/mol. The molecule has 2 heterocycles. The number of carbonyl (C=O) groups excluding carboxylic acids is 1. The van der Waals surface area contributed by atoms with Crippen LogP contribution in [-0.2, 0) is 11.4 Å². The highest BCUT2D eigenvalue weighted by Crippen LogP contribution is 2.32. The molecule has 0 bridgehead atoms. The van der Waals surface area contributed by atoms with Crippen LogP contribution in [0.1, 0.15) is 43.0 Å². The number of ether oxygens (including phenoxy) is 2. The van der Waals surface area contributed by atoms with Crippen molar-refractivity contribution in [1.29, 1.82) is 0 Å². The molecule has 34 heavy (non-hydrogen) atoms. The molecule has 176 valence electrons. The summed E-state index contributed by atoms with van der Waals surface area (Å²) in [6.07, 6.45) is 4.11. The third-order valence-electron chi connectivity index (χ3n) is 5.72. The van der Waals surface area contributed by atoms with E-state index in [1.54, 1.807) is 7.11 Å². The standard InChI is InChI=1S/C28H31N3O3/c1-20(2)17-29-27(32)16-24(22-11-7-12-23(15-22)33-3)25-18-30-28-26(13-8-14-31(25)28)34-19-21-9-5-4-6-10-21/h4-15,18,20,24H,16-17,19H2,1-3H3,(H,29,32). The predicted molar refractivity (Wildman–Crippen MR) is 133 cm³/mol. The summed E-state index contributed by atoms with van der Waals surface area (Å²) < 4.78 is 13.6. The van der Waals surface area contributed by atoms with Gasteiger partial charge >= 0.3 is 0 Å². The average Bonchev–Trinajstić information content (AvgIpc) is 3.30. The summed E-state index contributed by atoms with van der Waals surface area (Å²) in [5.41, 5.74) is 3.74. The van der Waals surface area contributed by atoms with Crippen molar-refractivity contribution >= 4 is 11.6 Å². The normalized spacial score (nSPS) is 12.0. The van der Waals surface area contributed by atoms with Crippen molar-refractivity contribution in [2.45, 2.75) is 32.8 Å². The molecule has 0 saturated heterocycles. The Hall–Kier alpha value is -3.80. The lowest BCUT2D eigenvalue weighted by molar-refractivity contribution is -0.121. The van der Waals surface area contributed by atoms with Gasteiger partial charge in [0.25, 0.3) is 0 Å². The molecule has 1 unspecified atom stereocenters. The number of pyridine rings is 1. The van der Waals surface area contributed by atoms with E-state index in [0.717, 1.165) is 28.2 Å². The molecule has 0 radical (unpaired) electrons. The molecule has 0 aliphatic heterocycles. The van der Waals surface area contributed by atoms with Gasteiger partial charge in [-0.25, -0.2) is 4.98 Å². The molecule has 0 fully saturated rings. The summed E-state index contributed by atoms with van der Waals surface area (Å²) in [7, 11) is 1.65. The Balaban J connectivity index is 1.66. The summed E-state index contributed by atoms with van der Waals surface area (Å²) in [4.78, 5) is 17.5. The number of hydrogen-bond acceptors (Lipinski definition) is 4. The SMILES string of the molecule is COc1cccc(C(CC(=O)NCC(C)C)c2cnc3c(OCc4ccccc4)cccn23)c1. The number of carbonyl (C=O) groups is 1. The number of rotatable bonds is 10. The van der Waals surface area contributed by atoms with Gasteiger partial charge in [-0.05, 0) is 41.3 Å². The summed E-state index contributed by atoms with van der Waals surface area (Å²) in [5, 5.41) is 3.05. The third-order valence-corrected chi connectivity index (χ3v) is 5.72. The van der Waals surface area contributed by atoms with E-state index in [4.69, 9.17) is 9.47 Å². The number of methoxy groups -OCH3 is 1. The topological polar surface area (TPSA) is 64.9 Å². The Kier molecular flexibility index (Phi) is 7.48. The number of hydrogen-bond donors (Lipinski definition) is 1. The summed E-state index contributed by atoms with van der Waals surface area (Å²) in [5.74, 6) is 1.66. The van der Waals surface area contributed by atoms with E-state index in [9.17, 15) is 4.79 Å². The molecule has 1 atom stereocenters. The molecule has 4 aromatic rings. The monoisotopic (exact) mass is 457 g/mol. The van der Waals surface area contributed by atoms with Crippen molar-refractivity contribution in [2.24, 2.45) is 5.92 Å². The molecule has 0 aliphatic rings. The zero-order valence-electron chi connectivity index (χ0n) is 19.9. The number of nitrogens with one attached hydrogen (secondary N) is 1. The minimum Gasteiger partial charge on any atom is -0.497 e. The molecule has 2 aromatic heterocycles. The van der Waals surface area contributed by atoms with Crippen molar-refractivity contribution in [3.63, 3.8) is 0 Å². The van der Waals surface area contributed by atoms with Gasteiger partial charge in [-0.2, -0.15) is 0 Å². The van der Waals surface area contributed by atoms with Crippen molar-refractivity contribution < 1.29 is 14.3 Å². The fraction of sp³-hybridized carbons (Fsp3) is 0.286. The molecule has 6 heteroatoms. The second-order valence-electron chi connectivity index (χ2n) is 8.75. The highest BCUT2D eigenvalue weighted by molar-refractivity contribution is 5.77. The van der Waals surface area contributed by atoms with Crippen LogP contribution in [0.25, 0.3) is 5.65 Å². The fourth-order valence-corrected chi connectivity index (χ4v) is 3.94. The van der Waals surface area contributed by atoms with E-state index < -0.39 is 0 Å². The maximum Gasteiger partial charge on any atom is 0.221 e. The Labute approximate surface area is 200 Å². The van der Waals surface area contributed by atoms with Crippen LogP contribution in [0.15, 0.2) is 79.1 Å². The maximum absolute atomic E-state index is 12.8. The Bertz CT molecular complexity index is 1230. The van der Waals surface area contributed by atoms with Gasteiger partial charge in [0.15, 0.2) is 11.4 Å². The van der Waals surface area contributed by atoms with Crippen molar-refractivity contribution in [3.05, 3.63) is 95.9 Å². The van der Waals surface area contributed by atoms with E-state index in [1.807, 2.05) is 83.5 Å². The Morgan fingerprint density at radius 3 is 2.65 bits per heavy atom. The van der Waals surface area contributed by atoms with Gasteiger partial charge in [-0.3, -0.25) is 4.79 Å². The van der Waals surface area contributed by atoms with Crippen molar-refractivity contribution in [3.8, 4) is 11.5 Å². The van der Waals surface area contributed by atoms with Crippen LogP contribution in [0, 0.1) is 5.92 Å². The van der Waals surface area contributed by atoms with Crippen LogP contribution in [0.5, 0.6) is 11.5 Å². The van der Waals surface area contributed by atoms with Crippen LogP contribution in [0.4, 0.5) is 0 Å². The first-order valence-electron chi connectivity index (χ1n) is 11.6. The van der Waals surface area contributed by atoms with E-state index in [0.29, 0.717) is 31.2 Å². The predicted octanol–water partition coefficient (Wildman–Crippen LogP) is 5.22. The third kappa shape index (κ3) is 5.57. The summed E-state index contributed by atoms with van der Waals surface area (Å²) in [6.45, 7) is 5.27. The highest BCUT2D eigenvalue weighted by Gasteiger charge is 2.23. The van der Waals surface area contributed by atoms with Crippen LogP contribution < -0.4 is 14.8 Å². The Morgan fingerprint density at radius 2 is 1.88 bits per heavy atom. The molecule has 2 aromatic carbocycles. The molecule has 0 spiro atoms. The van der Waals surface area contributed by atoms with Gasteiger partial charge in [0.2, 0.25) is 5.91 Å².